The summed E-state index contributed by atoms with van der Waals surface area (Å²) in [6, 6.07) is 11.6. The fraction of sp³-hybridized carbons (Fsp3) is 0.0500. The van der Waals surface area contributed by atoms with Crippen molar-refractivity contribution in [3.05, 3.63) is 84.7 Å². The van der Waals surface area contributed by atoms with Gasteiger partial charge in [-0.1, -0.05) is 0 Å². The monoisotopic (exact) mass is 426 g/mol. The van der Waals surface area contributed by atoms with Crippen molar-refractivity contribution in [2.75, 3.05) is 5.32 Å². The van der Waals surface area contributed by atoms with E-state index in [4.69, 9.17) is 4.74 Å². The van der Waals surface area contributed by atoms with Crippen molar-refractivity contribution in [1.82, 2.24) is 24.7 Å². The normalized spacial score (nSPS) is 11.2. The van der Waals surface area contributed by atoms with Crippen LogP contribution in [-0.4, -0.2) is 30.6 Å². The number of carbonyl (C=O) groups is 1. The lowest BCUT2D eigenvalue weighted by Gasteiger charge is -2.09. The summed E-state index contributed by atoms with van der Waals surface area (Å²) < 4.78 is 45.0. The maximum atomic E-state index is 12.6. The second-order valence-corrected chi connectivity index (χ2v) is 6.21. The highest BCUT2D eigenvalue weighted by Gasteiger charge is 2.32. The predicted molar refractivity (Wildman–Crippen MR) is 103 cm³/mol. The van der Waals surface area contributed by atoms with Crippen LogP contribution in [0.5, 0.6) is 11.6 Å². The van der Waals surface area contributed by atoms with Gasteiger partial charge in [0.25, 0.3) is 5.91 Å². The number of aromatic nitrogens is 5. The number of anilines is 1. The van der Waals surface area contributed by atoms with E-state index in [0.717, 1.165) is 18.3 Å². The maximum Gasteiger partial charge on any atom is 0.433 e. The van der Waals surface area contributed by atoms with Gasteiger partial charge in [0, 0.05) is 30.3 Å². The Bertz CT molecular complexity index is 1160. The molecule has 1 aromatic carbocycles. The van der Waals surface area contributed by atoms with E-state index in [1.54, 1.807) is 59.7 Å². The zero-order valence-electron chi connectivity index (χ0n) is 15.6. The number of hydrogen-bond donors (Lipinski definition) is 1. The van der Waals surface area contributed by atoms with Gasteiger partial charge >= 0.3 is 6.18 Å². The highest BCUT2D eigenvalue weighted by atomic mass is 19.4. The molecule has 0 saturated carbocycles. The smallest absolute Gasteiger partial charge is 0.433 e. The topological polar surface area (TPSA) is 94.8 Å². The summed E-state index contributed by atoms with van der Waals surface area (Å²) in [5.74, 6) is 0.729. The van der Waals surface area contributed by atoms with Gasteiger partial charge < -0.3 is 10.1 Å². The molecule has 156 valence electrons. The van der Waals surface area contributed by atoms with E-state index >= 15 is 0 Å². The Morgan fingerprint density at radius 3 is 2.39 bits per heavy atom. The van der Waals surface area contributed by atoms with E-state index in [1.165, 1.54) is 0 Å². The van der Waals surface area contributed by atoms with E-state index in [0.29, 0.717) is 17.3 Å². The number of imidazole rings is 1. The molecule has 11 heteroatoms. The van der Waals surface area contributed by atoms with Crippen molar-refractivity contribution in [2.45, 2.75) is 6.18 Å². The molecule has 0 radical (unpaired) electrons. The standard InChI is InChI=1S/C20H13F3N6O2/c21-20(22,23)16-6-1-13(11-25-16)19(30)26-14-2-4-15(5-3-14)31-18-8-7-17(27-28-18)29-10-9-24-12-29/h1-12H,(H,26,30). The molecular formula is C20H13F3N6O2. The Morgan fingerprint density at radius 2 is 1.81 bits per heavy atom. The molecule has 3 aromatic heterocycles. The zero-order chi connectivity index (χ0) is 21.8. The first-order valence-electron chi connectivity index (χ1n) is 8.83. The van der Waals surface area contributed by atoms with Crippen LogP contribution in [0.3, 0.4) is 0 Å². The molecule has 0 aliphatic carbocycles. The lowest BCUT2D eigenvalue weighted by Crippen LogP contribution is -2.14. The molecule has 4 aromatic rings. The Balaban J connectivity index is 1.37. The van der Waals surface area contributed by atoms with Gasteiger partial charge in [0.05, 0.1) is 5.56 Å². The third kappa shape index (κ3) is 4.83. The quantitative estimate of drug-likeness (QED) is 0.516. The van der Waals surface area contributed by atoms with Crippen LogP contribution in [0.2, 0.25) is 0 Å². The summed E-state index contributed by atoms with van der Waals surface area (Å²) >= 11 is 0. The average molecular weight is 426 g/mol. The molecule has 1 N–H and O–H groups in total. The fourth-order valence-corrected chi connectivity index (χ4v) is 2.53. The van der Waals surface area contributed by atoms with E-state index in [9.17, 15) is 18.0 Å². The molecule has 3 heterocycles. The van der Waals surface area contributed by atoms with Gasteiger partial charge in [-0.2, -0.15) is 13.2 Å². The first-order chi connectivity index (χ1) is 14.9. The predicted octanol–water partition coefficient (Wildman–Crippen LogP) is 4.12. The van der Waals surface area contributed by atoms with Crippen LogP contribution in [0.25, 0.3) is 5.82 Å². The number of halogens is 3. The highest BCUT2D eigenvalue weighted by molar-refractivity contribution is 6.04. The molecule has 0 fully saturated rings. The summed E-state index contributed by atoms with van der Waals surface area (Å²) in [5.41, 5.74) is -0.632. The minimum Gasteiger partial charge on any atom is -0.438 e. The molecule has 1 amide bonds. The van der Waals surface area contributed by atoms with Crippen LogP contribution >= 0.6 is 0 Å². The van der Waals surface area contributed by atoms with Crippen LogP contribution in [0.15, 0.2) is 73.4 Å². The third-order valence-electron chi connectivity index (χ3n) is 4.05. The number of hydrogen-bond acceptors (Lipinski definition) is 6. The van der Waals surface area contributed by atoms with Gasteiger partial charge in [-0.15, -0.1) is 10.2 Å². The number of nitrogens with zero attached hydrogens (tertiary/aromatic N) is 5. The van der Waals surface area contributed by atoms with Gasteiger partial charge in [0.15, 0.2) is 5.82 Å². The number of amides is 1. The first-order valence-corrected chi connectivity index (χ1v) is 8.83. The summed E-state index contributed by atoms with van der Waals surface area (Å²) in [5, 5.41) is 10.6. The van der Waals surface area contributed by atoms with Crippen molar-refractivity contribution in [2.24, 2.45) is 0 Å². The number of carbonyl (C=O) groups excluding carboxylic acids is 1. The van der Waals surface area contributed by atoms with Gasteiger partial charge in [-0.25, -0.2) is 4.98 Å². The van der Waals surface area contributed by atoms with Gasteiger partial charge in [0.2, 0.25) is 5.88 Å². The van der Waals surface area contributed by atoms with Crippen LogP contribution in [0.4, 0.5) is 18.9 Å². The maximum absolute atomic E-state index is 12.6. The second kappa shape index (κ2) is 8.22. The molecule has 0 spiro atoms. The molecule has 0 unspecified atom stereocenters. The van der Waals surface area contributed by atoms with E-state index in [-0.39, 0.29) is 11.4 Å². The van der Waals surface area contributed by atoms with E-state index < -0.39 is 17.8 Å². The van der Waals surface area contributed by atoms with Crippen molar-refractivity contribution in [3.8, 4) is 17.4 Å². The Morgan fingerprint density at radius 1 is 1.00 bits per heavy atom. The molecule has 0 saturated heterocycles. The van der Waals surface area contributed by atoms with Crippen molar-refractivity contribution in [1.29, 1.82) is 0 Å². The number of nitrogens with one attached hydrogen (secondary N) is 1. The molecule has 0 bridgehead atoms. The zero-order valence-corrected chi connectivity index (χ0v) is 15.6. The molecule has 8 nitrogen and oxygen atoms in total. The SMILES string of the molecule is O=C(Nc1ccc(Oc2ccc(-n3ccnc3)nn2)cc1)c1ccc(C(F)(F)F)nc1. The van der Waals surface area contributed by atoms with Crippen LogP contribution in [0.1, 0.15) is 16.1 Å². The number of rotatable bonds is 5. The van der Waals surface area contributed by atoms with E-state index in [2.05, 4.69) is 25.5 Å². The van der Waals surface area contributed by atoms with Gasteiger partial charge in [0.1, 0.15) is 17.8 Å². The third-order valence-corrected chi connectivity index (χ3v) is 4.05. The minimum atomic E-state index is -4.56. The number of alkyl halides is 3. The second-order valence-electron chi connectivity index (χ2n) is 6.21. The Labute approximate surface area is 173 Å². The van der Waals surface area contributed by atoms with Gasteiger partial charge in [-0.05, 0) is 42.5 Å². The molecule has 0 aliphatic rings. The number of pyridine rings is 1. The Hall–Kier alpha value is -4.28. The van der Waals surface area contributed by atoms with Crippen LogP contribution in [-0.2, 0) is 6.18 Å². The molecule has 4 rings (SSSR count). The lowest BCUT2D eigenvalue weighted by atomic mass is 10.2. The number of benzene rings is 1. The highest BCUT2D eigenvalue weighted by Crippen LogP contribution is 2.27. The minimum absolute atomic E-state index is 0.00147. The lowest BCUT2D eigenvalue weighted by molar-refractivity contribution is -0.141. The largest absolute Gasteiger partial charge is 0.438 e. The summed E-state index contributed by atoms with van der Waals surface area (Å²) in [6.45, 7) is 0. The van der Waals surface area contributed by atoms with E-state index in [1.807, 2.05) is 0 Å². The van der Waals surface area contributed by atoms with Crippen LogP contribution in [0, 0.1) is 0 Å². The first kappa shape index (κ1) is 20.0. The van der Waals surface area contributed by atoms with Gasteiger partial charge in [-0.3, -0.25) is 14.3 Å². The summed E-state index contributed by atoms with van der Waals surface area (Å²) in [4.78, 5) is 19.4. The molecular weight excluding hydrogens is 413 g/mol. The summed E-state index contributed by atoms with van der Waals surface area (Å²) in [6.07, 6.45) is 1.27. The summed E-state index contributed by atoms with van der Waals surface area (Å²) in [7, 11) is 0. The number of ether oxygens (including phenoxy) is 1. The van der Waals surface area contributed by atoms with Crippen LogP contribution < -0.4 is 10.1 Å². The molecule has 0 atom stereocenters. The van der Waals surface area contributed by atoms with Crippen molar-refractivity contribution >= 4 is 11.6 Å². The molecule has 0 aliphatic heterocycles. The van der Waals surface area contributed by atoms with Crippen molar-refractivity contribution in [3.63, 3.8) is 0 Å². The molecule has 31 heavy (non-hydrogen) atoms. The fourth-order valence-electron chi connectivity index (χ4n) is 2.53. The average Bonchev–Trinajstić information content (AvgIpc) is 3.30. The Kier molecular flexibility index (Phi) is 5.31. The van der Waals surface area contributed by atoms with Crippen molar-refractivity contribution < 1.29 is 22.7 Å².